The van der Waals surface area contributed by atoms with Crippen LogP contribution in [0.2, 0.25) is 0 Å². The molecular formula is C16H14N4O2S. The number of rotatable bonds is 5. The second-order valence-electron chi connectivity index (χ2n) is 4.50. The van der Waals surface area contributed by atoms with Crippen LogP contribution in [0.1, 0.15) is 5.01 Å². The smallest absolute Gasteiger partial charge is 0.319 e. The molecule has 0 radical (unpaired) electrons. The fourth-order valence-corrected chi connectivity index (χ4v) is 2.39. The summed E-state index contributed by atoms with van der Waals surface area (Å²) in [7, 11) is 0. The van der Waals surface area contributed by atoms with Gasteiger partial charge in [0.15, 0.2) is 0 Å². The SMILES string of the molecule is O=C(NCc1nccs1)Nc1cccnc1Oc1ccccc1. The van der Waals surface area contributed by atoms with Crippen molar-refractivity contribution in [3.05, 3.63) is 65.2 Å². The lowest BCUT2D eigenvalue weighted by atomic mass is 10.3. The van der Waals surface area contributed by atoms with Crippen molar-refractivity contribution < 1.29 is 9.53 Å². The Kier molecular flexibility index (Phi) is 4.80. The quantitative estimate of drug-likeness (QED) is 0.750. The molecule has 2 N–H and O–H groups in total. The molecule has 0 unspecified atom stereocenters. The van der Waals surface area contributed by atoms with E-state index >= 15 is 0 Å². The van der Waals surface area contributed by atoms with Gasteiger partial charge in [-0.05, 0) is 24.3 Å². The highest BCUT2D eigenvalue weighted by molar-refractivity contribution is 7.09. The van der Waals surface area contributed by atoms with Gasteiger partial charge in [-0.3, -0.25) is 0 Å². The van der Waals surface area contributed by atoms with Gasteiger partial charge in [0.05, 0.1) is 6.54 Å². The number of nitrogens with one attached hydrogen (secondary N) is 2. The number of hydrogen-bond donors (Lipinski definition) is 2. The van der Waals surface area contributed by atoms with Crippen LogP contribution in [-0.2, 0) is 6.54 Å². The molecular weight excluding hydrogens is 312 g/mol. The molecule has 2 heterocycles. The summed E-state index contributed by atoms with van der Waals surface area (Å²) < 4.78 is 5.70. The van der Waals surface area contributed by atoms with Crippen molar-refractivity contribution in [3.63, 3.8) is 0 Å². The predicted octanol–water partition coefficient (Wildman–Crippen LogP) is 3.65. The maximum absolute atomic E-state index is 12.0. The van der Waals surface area contributed by atoms with Gasteiger partial charge in [-0.2, -0.15) is 0 Å². The largest absolute Gasteiger partial charge is 0.437 e. The Morgan fingerprint density at radius 1 is 1.09 bits per heavy atom. The molecule has 116 valence electrons. The molecule has 0 bridgehead atoms. The van der Waals surface area contributed by atoms with Crippen molar-refractivity contribution in [3.8, 4) is 11.6 Å². The first-order chi connectivity index (χ1) is 11.3. The summed E-state index contributed by atoms with van der Waals surface area (Å²) in [5.41, 5.74) is 0.494. The van der Waals surface area contributed by atoms with Crippen LogP contribution in [0.25, 0.3) is 0 Å². The number of carbonyl (C=O) groups excluding carboxylic acids is 1. The fraction of sp³-hybridized carbons (Fsp3) is 0.0625. The Hall–Kier alpha value is -2.93. The first kappa shape index (κ1) is 15.0. The van der Waals surface area contributed by atoms with E-state index in [1.165, 1.54) is 11.3 Å². The molecule has 0 spiro atoms. The summed E-state index contributed by atoms with van der Waals surface area (Å²) in [4.78, 5) is 20.3. The number of carbonyl (C=O) groups is 1. The number of aromatic nitrogens is 2. The van der Waals surface area contributed by atoms with E-state index < -0.39 is 0 Å². The highest BCUT2D eigenvalue weighted by Crippen LogP contribution is 2.26. The highest BCUT2D eigenvalue weighted by Gasteiger charge is 2.09. The van der Waals surface area contributed by atoms with Crippen molar-refractivity contribution >= 4 is 23.1 Å². The maximum Gasteiger partial charge on any atom is 0.319 e. The van der Waals surface area contributed by atoms with Crippen molar-refractivity contribution in [1.82, 2.24) is 15.3 Å². The molecule has 0 aliphatic rings. The Balaban J connectivity index is 1.64. The number of para-hydroxylation sites is 1. The minimum Gasteiger partial charge on any atom is -0.437 e. The summed E-state index contributed by atoms with van der Waals surface area (Å²) in [6.45, 7) is 0.374. The summed E-state index contributed by atoms with van der Waals surface area (Å²) in [6, 6.07) is 12.4. The van der Waals surface area contributed by atoms with Crippen molar-refractivity contribution in [2.45, 2.75) is 6.54 Å². The number of nitrogens with zero attached hydrogens (tertiary/aromatic N) is 2. The second kappa shape index (κ2) is 7.37. The number of ether oxygens (including phenoxy) is 1. The topological polar surface area (TPSA) is 76.1 Å². The van der Waals surface area contributed by atoms with E-state index in [-0.39, 0.29) is 6.03 Å². The van der Waals surface area contributed by atoms with E-state index in [2.05, 4.69) is 20.6 Å². The molecule has 3 rings (SSSR count). The Bertz CT molecular complexity index is 763. The average Bonchev–Trinajstić information content (AvgIpc) is 3.09. The summed E-state index contributed by atoms with van der Waals surface area (Å²) in [5, 5.41) is 8.17. The minimum absolute atomic E-state index is 0.336. The van der Waals surface area contributed by atoms with Crippen LogP contribution in [0.3, 0.4) is 0 Å². The van der Waals surface area contributed by atoms with E-state index in [0.717, 1.165) is 5.01 Å². The molecule has 7 heteroatoms. The molecule has 6 nitrogen and oxygen atoms in total. The lowest BCUT2D eigenvalue weighted by molar-refractivity contribution is 0.251. The van der Waals surface area contributed by atoms with Gasteiger partial charge in [-0.25, -0.2) is 14.8 Å². The van der Waals surface area contributed by atoms with Crippen LogP contribution in [0.4, 0.5) is 10.5 Å². The average molecular weight is 326 g/mol. The normalized spacial score (nSPS) is 10.1. The molecule has 2 aromatic heterocycles. The van der Waals surface area contributed by atoms with Gasteiger partial charge < -0.3 is 15.4 Å². The lowest BCUT2D eigenvalue weighted by Crippen LogP contribution is -2.28. The van der Waals surface area contributed by atoms with Gasteiger partial charge in [0.2, 0.25) is 5.88 Å². The number of benzene rings is 1. The number of anilines is 1. The summed E-state index contributed by atoms with van der Waals surface area (Å²) in [6.07, 6.45) is 3.31. The number of pyridine rings is 1. The van der Waals surface area contributed by atoms with Gasteiger partial charge in [0.1, 0.15) is 16.4 Å². The molecule has 0 atom stereocenters. The van der Waals surface area contributed by atoms with Crippen LogP contribution in [0.15, 0.2) is 60.2 Å². The second-order valence-corrected chi connectivity index (χ2v) is 5.48. The fourth-order valence-electron chi connectivity index (χ4n) is 1.83. The van der Waals surface area contributed by atoms with Crippen molar-refractivity contribution in [2.24, 2.45) is 0 Å². The predicted molar refractivity (Wildman–Crippen MR) is 88.7 cm³/mol. The highest BCUT2D eigenvalue weighted by atomic mass is 32.1. The monoisotopic (exact) mass is 326 g/mol. The number of thiazole rings is 1. The first-order valence-electron chi connectivity index (χ1n) is 6.92. The molecule has 1 aromatic carbocycles. The molecule has 0 saturated heterocycles. The molecule has 2 amide bonds. The van der Waals surface area contributed by atoms with Gasteiger partial charge in [0.25, 0.3) is 0 Å². The van der Waals surface area contributed by atoms with Crippen LogP contribution < -0.4 is 15.4 Å². The number of amides is 2. The van der Waals surface area contributed by atoms with E-state index in [1.54, 1.807) is 24.5 Å². The standard InChI is InChI=1S/C16H14N4O2S/c21-16(19-11-14-17-9-10-23-14)20-13-7-4-8-18-15(13)22-12-5-2-1-3-6-12/h1-10H,11H2,(H2,19,20,21). The number of urea groups is 1. The van der Waals surface area contributed by atoms with Crippen molar-refractivity contribution in [2.75, 3.05) is 5.32 Å². The Morgan fingerprint density at radius 2 is 1.96 bits per heavy atom. The zero-order chi connectivity index (χ0) is 15.9. The summed E-state index contributed by atoms with van der Waals surface area (Å²) in [5.74, 6) is 0.987. The van der Waals surface area contributed by atoms with Gasteiger partial charge >= 0.3 is 6.03 Å². The van der Waals surface area contributed by atoms with Crippen LogP contribution in [0.5, 0.6) is 11.6 Å². The van der Waals surface area contributed by atoms with E-state index in [4.69, 9.17) is 4.74 Å². The number of hydrogen-bond acceptors (Lipinski definition) is 5. The lowest BCUT2D eigenvalue weighted by Gasteiger charge is -2.11. The van der Waals surface area contributed by atoms with Gasteiger partial charge in [0, 0.05) is 17.8 Å². The van der Waals surface area contributed by atoms with Crippen LogP contribution >= 0.6 is 11.3 Å². The van der Waals surface area contributed by atoms with Crippen molar-refractivity contribution in [1.29, 1.82) is 0 Å². The molecule has 0 aliphatic carbocycles. The first-order valence-corrected chi connectivity index (χ1v) is 7.80. The van der Waals surface area contributed by atoms with E-state index in [9.17, 15) is 4.79 Å². The molecule has 0 fully saturated rings. The third-order valence-electron chi connectivity index (χ3n) is 2.86. The third kappa shape index (κ3) is 4.27. The van der Waals surface area contributed by atoms with Crippen LogP contribution in [0, 0.1) is 0 Å². The maximum atomic E-state index is 12.0. The summed E-state index contributed by atoms with van der Waals surface area (Å²) >= 11 is 1.49. The third-order valence-corrected chi connectivity index (χ3v) is 3.64. The molecule has 0 saturated carbocycles. The van der Waals surface area contributed by atoms with Gasteiger partial charge in [-0.1, -0.05) is 18.2 Å². The molecule has 0 aliphatic heterocycles. The van der Waals surface area contributed by atoms with Crippen LogP contribution in [-0.4, -0.2) is 16.0 Å². The van der Waals surface area contributed by atoms with E-state index in [0.29, 0.717) is 23.9 Å². The molecule has 23 heavy (non-hydrogen) atoms. The molecule has 3 aromatic rings. The minimum atomic E-state index is -0.342. The zero-order valence-corrected chi connectivity index (χ0v) is 12.9. The Morgan fingerprint density at radius 3 is 2.74 bits per heavy atom. The van der Waals surface area contributed by atoms with E-state index in [1.807, 2.05) is 35.7 Å². The Labute approximate surface area is 137 Å². The zero-order valence-electron chi connectivity index (χ0n) is 12.1. The van der Waals surface area contributed by atoms with Gasteiger partial charge in [-0.15, -0.1) is 11.3 Å².